The lowest BCUT2D eigenvalue weighted by atomic mass is 9.99. The molecule has 1 N–H and O–H groups in total. The lowest BCUT2D eigenvalue weighted by Crippen LogP contribution is -2.26. The van der Waals surface area contributed by atoms with Crippen molar-refractivity contribution in [3.8, 4) is 11.1 Å². The summed E-state index contributed by atoms with van der Waals surface area (Å²) in [5, 5.41) is 10.3. The molecule has 0 spiro atoms. The van der Waals surface area contributed by atoms with Gasteiger partial charge in [0.2, 0.25) is 5.78 Å². The van der Waals surface area contributed by atoms with Crippen molar-refractivity contribution in [3.05, 3.63) is 59.2 Å². The number of aliphatic hydroxyl groups excluding tert-OH is 1. The summed E-state index contributed by atoms with van der Waals surface area (Å²) < 4.78 is 25.9. The number of Topliss-reactive ketones (excluding diaryl/α,β-unsaturated/α-hetero) is 1. The van der Waals surface area contributed by atoms with Crippen molar-refractivity contribution in [2.75, 3.05) is 0 Å². The standard InChI is InChI=1S/C17H14F2O2/c1-17(18,19)15(20)9-10-6-7-12-11-4-2-3-5-13(11)16(21)14(12)8-10/h2-8,16,21H,9H2,1H3. The molecule has 21 heavy (non-hydrogen) atoms. The Hall–Kier alpha value is -2.07. The fourth-order valence-electron chi connectivity index (χ4n) is 2.68. The Balaban J connectivity index is 1.96. The first-order chi connectivity index (χ1) is 9.88. The van der Waals surface area contributed by atoms with Gasteiger partial charge in [0.15, 0.2) is 0 Å². The first-order valence-electron chi connectivity index (χ1n) is 6.69. The van der Waals surface area contributed by atoms with Crippen molar-refractivity contribution in [2.24, 2.45) is 0 Å². The van der Waals surface area contributed by atoms with Crippen molar-refractivity contribution in [3.63, 3.8) is 0 Å². The highest BCUT2D eigenvalue weighted by molar-refractivity contribution is 5.87. The SMILES string of the molecule is CC(F)(F)C(=O)Cc1ccc2c(c1)C(O)c1ccccc1-2. The molecule has 0 aromatic heterocycles. The van der Waals surface area contributed by atoms with Crippen molar-refractivity contribution < 1.29 is 18.7 Å². The van der Waals surface area contributed by atoms with Crippen LogP contribution in [0.5, 0.6) is 0 Å². The number of alkyl halides is 2. The average molecular weight is 288 g/mol. The topological polar surface area (TPSA) is 37.3 Å². The van der Waals surface area contributed by atoms with Gasteiger partial charge in [-0.1, -0.05) is 42.5 Å². The number of rotatable bonds is 3. The molecule has 1 atom stereocenters. The number of carbonyl (C=O) groups is 1. The lowest BCUT2D eigenvalue weighted by Gasteiger charge is -2.11. The third-order valence-electron chi connectivity index (χ3n) is 3.81. The minimum absolute atomic E-state index is 0.333. The van der Waals surface area contributed by atoms with E-state index in [-0.39, 0.29) is 6.42 Å². The van der Waals surface area contributed by atoms with Crippen LogP contribution in [0.4, 0.5) is 8.78 Å². The Morgan fingerprint density at radius 2 is 1.81 bits per heavy atom. The third-order valence-corrected chi connectivity index (χ3v) is 3.81. The lowest BCUT2D eigenvalue weighted by molar-refractivity contribution is -0.139. The molecule has 0 amide bonds. The van der Waals surface area contributed by atoms with Crippen LogP contribution >= 0.6 is 0 Å². The molecule has 1 aliphatic carbocycles. The van der Waals surface area contributed by atoms with Crippen molar-refractivity contribution >= 4 is 5.78 Å². The summed E-state index contributed by atoms with van der Waals surface area (Å²) in [7, 11) is 0. The van der Waals surface area contributed by atoms with Gasteiger partial charge in [-0.25, -0.2) is 0 Å². The molecule has 0 heterocycles. The second-order valence-corrected chi connectivity index (χ2v) is 5.40. The second kappa shape index (κ2) is 4.74. The molecule has 1 aliphatic rings. The Morgan fingerprint density at radius 3 is 2.52 bits per heavy atom. The Kier molecular flexibility index (Phi) is 3.14. The van der Waals surface area contributed by atoms with Gasteiger partial charge < -0.3 is 5.11 Å². The van der Waals surface area contributed by atoms with E-state index in [0.717, 1.165) is 16.7 Å². The van der Waals surface area contributed by atoms with E-state index in [2.05, 4.69) is 0 Å². The zero-order valence-electron chi connectivity index (χ0n) is 11.4. The smallest absolute Gasteiger partial charge is 0.302 e. The Bertz CT molecular complexity index is 717. The number of ketones is 1. The summed E-state index contributed by atoms with van der Waals surface area (Å²) in [4.78, 5) is 11.4. The van der Waals surface area contributed by atoms with E-state index in [4.69, 9.17) is 0 Å². The highest BCUT2D eigenvalue weighted by Gasteiger charge is 2.32. The largest absolute Gasteiger partial charge is 0.384 e. The molecule has 0 saturated carbocycles. The van der Waals surface area contributed by atoms with E-state index >= 15 is 0 Å². The highest BCUT2D eigenvalue weighted by atomic mass is 19.3. The Morgan fingerprint density at radius 1 is 1.14 bits per heavy atom. The van der Waals surface area contributed by atoms with Crippen molar-refractivity contribution in [1.29, 1.82) is 0 Å². The number of aliphatic hydroxyl groups is 1. The van der Waals surface area contributed by atoms with Gasteiger partial charge in [-0.15, -0.1) is 0 Å². The van der Waals surface area contributed by atoms with Crippen LogP contribution in [0, 0.1) is 0 Å². The van der Waals surface area contributed by atoms with E-state index in [1.54, 1.807) is 18.2 Å². The second-order valence-electron chi connectivity index (χ2n) is 5.40. The average Bonchev–Trinajstić information content (AvgIpc) is 2.72. The zero-order valence-corrected chi connectivity index (χ0v) is 11.4. The number of carbonyl (C=O) groups excluding carboxylic acids is 1. The van der Waals surface area contributed by atoms with Gasteiger partial charge in [-0.3, -0.25) is 4.79 Å². The maximum Gasteiger partial charge on any atom is 0.302 e. The molecule has 0 saturated heterocycles. The van der Waals surface area contributed by atoms with E-state index in [9.17, 15) is 18.7 Å². The molecular formula is C17H14F2O2. The number of benzene rings is 2. The van der Waals surface area contributed by atoms with Gasteiger partial charge in [-0.05, 0) is 27.8 Å². The van der Waals surface area contributed by atoms with E-state index in [0.29, 0.717) is 18.1 Å². The summed E-state index contributed by atoms with van der Waals surface area (Å²) in [6.45, 7) is 0.605. The monoisotopic (exact) mass is 288 g/mol. The van der Waals surface area contributed by atoms with Gasteiger partial charge >= 0.3 is 5.92 Å². The zero-order chi connectivity index (χ0) is 15.2. The number of fused-ring (bicyclic) bond motifs is 3. The molecule has 3 rings (SSSR count). The first-order valence-corrected chi connectivity index (χ1v) is 6.69. The molecule has 0 aliphatic heterocycles. The normalized spacial score (nSPS) is 16.5. The van der Waals surface area contributed by atoms with Crippen LogP contribution in [0.25, 0.3) is 11.1 Å². The summed E-state index contributed by atoms with van der Waals surface area (Å²) in [6.07, 6.45) is -1.10. The van der Waals surface area contributed by atoms with E-state index in [1.165, 1.54) is 0 Å². The van der Waals surface area contributed by atoms with Crippen LogP contribution in [-0.2, 0) is 11.2 Å². The molecule has 0 radical (unpaired) electrons. The molecule has 4 heteroatoms. The number of halogens is 2. The molecule has 0 bridgehead atoms. The summed E-state index contributed by atoms with van der Waals surface area (Å²) in [5.74, 6) is -4.45. The fraction of sp³-hybridized carbons (Fsp3) is 0.235. The molecule has 2 nitrogen and oxygen atoms in total. The van der Waals surface area contributed by atoms with Crippen LogP contribution < -0.4 is 0 Å². The quantitative estimate of drug-likeness (QED) is 0.938. The van der Waals surface area contributed by atoms with Crippen LogP contribution in [0.2, 0.25) is 0 Å². The van der Waals surface area contributed by atoms with Crippen molar-refractivity contribution in [2.45, 2.75) is 25.4 Å². The fourth-order valence-corrected chi connectivity index (χ4v) is 2.68. The molecular weight excluding hydrogens is 274 g/mol. The number of hydrogen-bond donors (Lipinski definition) is 1. The van der Waals surface area contributed by atoms with Crippen LogP contribution in [-0.4, -0.2) is 16.8 Å². The van der Waals surface area contributed by atoms with Crippen molar-refractivity contribution in [1.82, 2.24) is 0 Å². The highest BCUT2D eigenvalue weighted by Crippen LogP contribution is 2.43. The number of hydrogen-bond acceptors (Lipinski definition) is 2. The van der Waals surface area contributed by atoms with Gasteiger partial charge in [0.1, 0.15) is 6.10 Å². The molecule has 108 valence electrons. The van der Waals surface area contributed by atoms with E-state index in [1.807, 2.05) is 24.3 Å². The predicted molar refractivity (Wildman–Crippen MR) is 75.3 cm³/mol. The maximum absolute atomic E-state index is 13.0. The van der Waals surface area contributed by atoms with Gasteiger partial charge in [0.05, 0.1) is 0 Å². The molecule has 1 unspecified atom stereocenters. The maximum atomic E-state index is 13.0. The van der Waals surface area contributed by atoms with Gasteiger partial charge in [-0.2, -0.15) is 8.78 Å². The van der Waals surface area contributed by atoms with Crippen LogP contribution in [0.3, 0.4) is 0 Å². The summed E-state index contributed by atoms with van der Waals surface area (Å²) in [6, 6.07) is 12.6. The molecule has 2 aromatic carbocycles. The minimum Gasteiger partial charge on any atom is -0.384 e. The summed E-state index contributed by atoms with van der Waals surface area (Å²) in [5.41, 5.74) is 3.79. The van der Waals surface area contributed by atoms with Crippen LogP contribution in [0.15, 0.2) is 42.5 Å². The summed E-state index contributed by atoms with van der Waals surface area (Å²) >= 11 is 0. The molecule has 0 fully saturated rings. The van der Waals surface area contributed by atoms with Crippen LogP contribution in [0.1, 0.15) is 29.7 Å². The molecule has 2 aromatic rings. The first kappa shape index (κ1) is 13.9. The Labute approximate surface area is 121 Å². The van der Waals surface area contributed by atoms with E-state index < -0.39 is 17.8 Å². The third kappa shape index (κ3) is 2.36. The van der Waals surface area contributed by atoms with Gasteiger partial charge in [0, 0.05) is 13.3 Å². The predicted octanol–water partition coefficient (Wildman–Crippen LogP) is 3.52. The van der Waals surface area contributed by atoms with Gasteiger partial charge in [0.25, 0.3) is 0 Å². The minimum atomic E-state index is -3.33.